The van der Waals surface area contributed by atoms with E-state index in [2.05, 4.69) is 13.8 Å². The van der Waals surface area contributed by atoms with Crippen molar-refractivity contribution in [3.8, 4) is 0 Å². The number of hydrogen-bond donors (Lipinski definition) is 4. The van der Waals surface area contributed by atoms with Gasteiger partial charge in [-0.05, 0) is 12.8 Å². The predicted octanol–water partition coefficient (Wildman–Crippen LogP) is 2.69. The summed E-state index contributed by atoms with van der Waals surface area (Å²) < 4.78 is 28.2. The van der Waals surface area contributed by atoms with Crippen LogP contribution in [-0.2, 0) is 38.1 Å². The van der Waals surface area contributed by atoms with Gasteiger partial charge < -0.3 is 44.1 Å². The monoisotopic (exact) mass is 606 g/mol. The molecule has 7 atom stereocenters. The summed E-state index contributed by atoms with van der Waals surface area (Å²) in [6, 6.07) is 0. The molecule has 0 aromatic carbocycles. The Bertz CT molecular complexity index is 748. The molecule has 1 aliphatic rings. The fraction of sp³-hybridized carbons (Fsp3) is 0.900. The number of hydrogen-bond acceptors (Lipinski definition) is 12. The molecular formula is C30H54O12. The fourth-order valence-corrected chi connectivity index (χ4v) is 4.70. The Morgan fingerprint density at radius 2 is 1.19 bits per heavy atom. The molecule has 0 bridgehead atoms. The Morgan fingerprint density at radius 3 is 1.67 bits per heavy atom. The number of aliphatic hydroxyl groups is 4. The molecule has 1 rings (SSSR count). The third-order valence-corrected chi connectivity index (χ3v) is 7.14. The van der Waals surface area contributed by atoms with E-state index in [1.54, 1.807) is 0 Å². The van der Waals surface area contributed by atoms with Crippen molar-refractivity contribution in [1.29, 1.82) is 0 Å². The van der Waals surface area contributed by atoms with E-state index in [4.69, 9.17) is 28.8 Å². The lowest BCUT2D eigenvalue weighted by molar-refractivity contribution is -0.312. The third-order valence-electron chi connectivity index (χ3n) is 7.14. The maximum Gasteiger partial charge on any atom is 0.306 e. The highest BCUT2D eigenvalue weighted by atomic mass is 16.7. The van der Waals surface area contributed by atoms with Crippen molar-refractivity contribution < 1.29 is 58.5 Å². The summed E-state index contributed by atoms with van der Waals surface area (Å²) in [6.07, 6.45) is 1.82. The third kappa shape index (κ3) is 15.1. The van der Waals surface area contributed by atoms with Gasteiger partial charge >= 0.3 is 17.9 Å². The predicted molar refractivity (Wildman–Crippen MR) is 152 cm³/mol. The van der Waals surface area contributed by atoms with Crippen molar-refractivity contribution in [1.82, 2.24) is 0 Å². The average molecular weight is 607 g/mol. The highest BCUT2D eigenvalue weighted by Gasteiger charge is 2.52. The summed E-state index contributed by atoms with van der Waals surface area (Å²) in [5, 5.41) is 39.0. The number of unbranched alkanes of at least 4 members (excludes halogenated alkanes) is 10. The summed E-state index contributed by atoms with van der Waals surface area (Å²) in [5.74, 6) is -1.93. The minimum absolute atomic E-state index is 0.0846. The molecule has 0 unspecified atom stereocenters. The molecule has 0 amide bonds. The van der Waals surface area contributed by atoms with E-state index in [-0.39, 0.29) is 12.8 Å². The van der Waals surface area contributed by atoms with Crippen LogP contribution in [0, 0.1) is 0 Å². The first-order chi connectivity index (χ1) is 20.2. The van der Waals surface area contributed by atoms with Gasteiger partial charge in [-0.2, -0.15) is 0 Å². The molecule has 4 N–H and O–H groups in total. The van der Waals surface area contributed by atoms with E-state index in [1.165, 1.54) is 0 Å². The SMILES string of the molecule is CCCCCCCCC(=O)O[C@@H]1[C@H](OC(=O)CCCCCCCC)[C@H](OC[C@H](O)[C@H](O)CO)O[C@H](CO)[C@H]1OC(C)=O. The van der Waals surface area contributed by atoms with Gasteiger partial charge in [-0.15, -0.1) is 0 Å². The zero-order chi connectivity index (χ0) is 31.3. The van der Waals surface area contributed by atoms with E-state index in [0.717, 1.165) is 71.1 Å². The van der Waals surface area contributed by atoms with Gasteiger partial charge in [0.25, 0.3) is 0 Å². The van der Waals surface area contributed by atoms with Crippen LogP contribution in [0.4, 0.5) is 0 Å². The number of ether oxygens (including phenoxy) is 5. The number of rotatable bonds is 23. The molecule has 42 heavy (non-hydrogen) atoms. The molecule has 0 radical (unpaired) electrons. The van der Waals surface area contributed by atoms with Crippen LogP contribution in [-0.4, -0.2) is 101 Å². The molecular weight excluding hydrogens is 552 g/mol. The number of carbonyl (C=O) groups is 3. The van der Waals surface area contributed by atoms with Crippen LogP contribution in [0.5, 0.6) is 0 Å². The molecule has 1 heterocycles. The maximum absolute atomic E-state index is 12.9. The number of carbonyl (C=O) groups excluding carboxylic acids is 3. The quantitative estimate of drug-likeness (QED) is 0.0760. The first-order valence-corrected chi connectivity index (χ1v) is 15.6. The minimum atomic E-state index is -1.51. The van der Waals surface area contributed by atoms with Crippen LogP contribution in [0.15, 0.2) is 0 Å². The molecule has 1 fully saturated rings. The molecule has 1 aliphatic heterocycles. The molecule has 1 saturated heterocycles. The van der Waals surface area contributed by atoms with Gasteiger partial charge in [0, 0.05) is 19.8 Å². The summed E-state index contributed by atoms with van der Waals surface area (Å²) in [4.78, 5) is 37.8. The lowest BCUT2D eigenvalue weighted by Crippen LogP contribution is -2.63. The second-order valence-electron chi connectivity index (χ2n) is 10.9. The molecule has 0 spiro atoms. The largest absolute Gasteiger partial charge is 0.456 e. The van der Waals surface area contributed by atoms with Crippen molar-refractivity contribution in [2.75, 3.05) is 19.8 Å². The summed E-state index contributed by atoms with van der Waals surface area (Å²) in [6.45, 7) is 3.48. The maximum atomic E-state index is 12.9. The Hall–Kier alpha value is -1.83. The van der Waals surface area contributed by atoms with Crippen molar-refractivity contribution in [2.24, 2.45) is 0 Å². The van der Waals surface area contributed by atoms with Gasteiger partial charge in [0.15, 0.2) is 24.6 Å². The Balaban J connectivity index is 3.10. The molecule has 12 nitrogen and oxygen atoms in total. The highest BCUT2D eigenvalue weighted by Crippen LogP contribution is 2.30. The normalized spacial score (nSPS) is 23.6. The Morgan fingerprint density at radius 1 is 0.690 bits per heavy atom. The van der Waals surface area contributed by atoms with E-state index < -0.39 is 80.6 Å². The smallest absolute Gasteiger partial charge is 0.306 e. The zero-order valence-corrected chi connectivity index (χ0v) is 25.6. The van der Waals surface area contributed by atoms with Gasteiger partial charge in [-0.3, -0.25) is 14.4 Å². The van der Waals surface area contributed by atoms with Crippen LogP contribution in [0.3, 0.4) is 0 Å². The van der Waals surface area contributed by atoms with E-state index in [9.17, 15) is 29.7 Å². The first-order valence-electron chi connectivity index (χ1n) is 15.6. The summed E-state index contributed by atoms with van der Waals surface area (Å²) in [5.41, 5.74) is 0. The lowest BCUT2D eigenvalue weighted by atomic mass is 9.98. The van der Waals surface area contributed by atoms with Crippen LogP contribution >= 0.6 is 0 Å². The molecule has 0 aromatic rings. The second kappa shape index (κ2) is 22.7. The van der Waals surface area contributed by atoms with Gasteiger partial charge in [0.1, 0.15) is 18.3 Å². The van der Waals surface area contributed by atoms with Gasteiger partial charge in [-0.25, -0.2) is 0 Å². The van der Waals surface area contributed by atoms with E-state index in [0.29, 0.717) is 12.8 Å². The summed E-state index contributed by atoms with van der Waals surface area (Å²) >= 11 is 0. The Labute approximate surface area is 250 Å². The van der Waals surface area contributed by atoms with Crippen LogP contribution < -0.4 is 0 Å². The molecule has 0 aromatic heterocycles. The van der Waals surface area contributed by atoms with Crippen molar-refractivity contribution in [3.63, 3.8) is 0 Å². The van der Waals surface area contributed by atoms with Gasteiger partial charge in [-0.1, -0.05) is 78.1 Å². The molecule has 12 heteroatoms. The van der Waals surface area contributed by atoms with Crippen LogP contribution in [0.2, 0.25) is 0 Å². The van der Waals surface area contributed by atoms with Crippen LogP contribution in [0.25, 0.3) is 0 Å². The van der Waals surface area contributed by atoms with E-state index in [1.807, 2.05) is 0 Å². The number of esters is 3. The lowest BCUT2D eigenvalue weighted by Gasteiger charge is -2.44. The van der Waals surface area contributed by atoms with Crippen molar-refractivity contribution >= 4 is 17.9 Å². The first kappa shape index (κ1) is 38.2. The standard InChI is InChI=1S/C30H54O12/c1-4-6-8-10-12-14-16-25(36)41-28-27(39-21(3)33)24(19-32)40-30(38-20-23(35)22(34)18-31)29(28)42-26(37)17-15-13-11-9-7-5-2/h22-24,27-32,34-35H,4-20H2,1-3H3/t22-,23+,24-,27-,28+,29+,30-/m1/s1. The minimum Gasteiger partial charge on any atom is -0.456 e. The molecule has 0 aliphatic carbocycles. The van der Waals surface area contributed by atoms with Crippen molar-refractivity contribution in [2.45, 2.75) is 154 Å². The molecule has 246 valence electrons. The van der Waals surface area contributed by atoms with Gasteiger partial charge in [0.2, 0.25) is 0 Å². The number of aliphatic hydroxyl groups excluding tert-OH is 4. The topological polar surface area (TPSA) is 178 Å². The van der Waals surface area contributed by atoms with Gasteiger partial charge in [0.05, 0.1) is 19.8 Å². The van der Waals surface area contributed by atoms with Crippen LogP contribution in [0.1, 0.15) is 111 Å². The Kier molecular flexibility index (Phi) is 20.6. The fourth-order valence-electron chi connectivity index (χ4n) is 4.70. The summed E-state index contributed by atoms with van der Waals surface area (Å²) in [7, 11) is 0. The van der Waals surface area contributed by atoms with E-state index >= 15 is 0 Å². The highest BCUT2D eigenvalue weighted by molar-refractivity contribution is 5.71. The second-order valence-corrected chi connectivity index (χ2v) is 10.9. The average Bonchev–Trinajstić information content (AvgIpc) is 2.96. The molecule has 0 saturated carbocycles. The zero-order valence-electron chi connectivity index (χ0n) is 25.6. The van der Waals surface area contributed by atoms with Crippen molar-refractivity contribution in [3.05, 3.63) is 0 Å².